The minimum atomic E-state index is 0.834. The van der Waals surface area contributed by atoms with Gasteiger partial charge in [0.1, 0.15) is 12.1 Å². The lowest BCUT2D eigenvalue weighted by atomic mass is 10.0. The average Bonchev–Trinajstić information content (AvgIpc) is 2.46. The molecule has 0 saturated carbocycles. The molecule has 0 aliphatic heterocycles. The minimum Gasteiger partial charge on any atom is -0.369 e. The van der Waals surface area contributed by atoms with Crippen LogP contribution in [0, 0.1) is 5.92 Å². The molecular formula is C17H25N3. The van der Waals surface area contributed by atoms with Crippen LogP contribution in [0.2, 0.25) is 0 Å². The van der Waals surface area contributed by atoms with E-state index < -0.39 is 0 Å². The van der Waals surface area contributed by atoms with Gasteiger partial charge in [-0.2, -0.15) is 0 Å². The molecule has 1 heterocycles. The van der Waals surface area contributed by atoms with Crippen molar-refractivity contribution < 1.29 is 0 Å². The van der Waals surface area contributed by atoms with Crippen molar-refractivity contribution >= 4 is 16.7 Å². The summed E-state index contributed by atoms with van der Waals surface area (Å²) in [4.78, 5) is 8.62. The normalized spacial score (nSPS) is 11.2. The molecule has 0 aliphatic rings. The van der Waals surface area contributed by atoms with Crippen LogP contribution < -0.4 is 5.32 Å². The van der Waals surface area contributed by atoms with E-state index in [1.54, 1.807) is 6.33 Å². The van der Waals surface area contributed by atoms with Crippen LogP contribution in [-0.2, 0) is 0 Å². The molecule has 20 heavy (non-hydrogen) atoms. The van der Waals surface area contributed by atoms with Gasteiger partial charge in [0.05, 0.1) is 5.52 Å². The molecule has 0 amide bonds. The SMILES string of the molecule is CC(C)CCCCCCNc1ncnc2ccccc12. The van der Waals surface area contributed by atoms with Gasteiger partial charge >= 0.3 is 0 Å². The topological polar surface area (TPSA) is 37.8 Å². The second kappa shape index (κ2) is 7.83. The molecule has 2 aromatic rings. The third kappa shape index (κ3) is 4.48. The van der Waals surface area contributed by atoms with Gasteiger partial charge in [-0.25, -0.2) is 9.97 Å². The predicted molar refractivity (Wildman–Crippen MR) is 86.0 cm³/mol. The summed E-state index contributed by atoms with van der Waals surface area (Å²) in [6, 6.07) is 8.13. The lowest BCUT2D eigenvalue weighted by Crippen LogP contribution is -2.04. The maximum absolute atomic E-state index is 4.34. The zero-order valence-electron chi connectivity index (χ0n) is 12.6. The maximum atomic E-state index is 4.34. The van der Waals surface area contributed by atoms with E-state index in [4.69, 9.17) is 0 Å². The molecule has 0 saturated heterocycles. The molecule has 0 radical (unpaired) electrons. The van der Waals surface area contributed by atoms with E-state index in [9.17, 15) is 0 Å². The first kappa shape index (κ1) is 14.8. The quantitative estimate of drug-likeness (QED) is 0.710. The minimum absolute atomic E-state index is 0.834. The Kier molecular flexibility index (Phi) is 5.78. The molecule has 3 nitrogen and oxygen atoms in total. The van der Waals surface area contributed by atoms with Crippen molar-refractivity contribution in [3.8, 4) is 0 Å². The van der Waals surface area contributed by atoms with E-state index in [1.807, 2.05) is 18.2 Å². The predicted octanol–water partition coefficient (Wildman–Crippen LogP) is 4.65. The van der Waals surface area contributed by atoms with E-state index >= 15 is 0 Å². The highest BCUT2D eigenvalue weighted by molar-refractivity contribution is 5.88. The summed E-state index contributed by atoms with van der Waals surface area (Å²) in [6.45, 7) is 5.58. The van der Waals surface area contributed by atoms with Crippen molar-refractivity contribution in [3.05, 3.63) is 30.6 Å². The fourth-order valence-electron chi connectivity index (χ4n) is 2.38. The molecule has 1 aromatic carbocycles. The summed E-state index contributed by atoms with van der Waals surface area (Å²) in [5.41, 5.74) is 1.00. The van der Waals surface area contributed by atoms with Crippen molar-refractivity contribution in [2.45, 2.75) is 46.0 Å². The number of benzene rings is 1. The number of rotatable bonds is 8. The highest BCUT2D eigenvalue weighted by Gasteiger charge is 2.01. The molecule has 0 aliphatic carbocycles. The summed E-state index contributed by atoms with van der Waals surface area (Å²) in [5.74, 6) is 1.79. The standard InChI is InChI=1S/C17H25N3/c1-14(2)9-5-3-4-8-12-18-17-15-10-6-7-11-16(15)19-13-20-17/h6-7,10-11,13-14H,3-5,8-9,12H2,1-2H3,(H,18,19,20). The second-order valence-electron chi connectivity index (χ2n) is 5.76. The largest absolute Gasteiger partial charge is 0.369 e. The molecule has 0 spiro atoms. The van der Waals surface area contributed by atoms with Crippen molar-refractivity contribution in [1.29, 1.82) is 0 Å². The summed E-state index contributed by atoms with van der Waals surface area (Å²) in [7, 11) is 0. The van der Waals surface area contributed by atoms with Gasteiger partial charge in [0.15, 0.2) is 0 Å². The third-order valence-corrected chi connectivity index (χ3v) is 3.54. The lowest BCUT2D eigenvalue weighted by molar-refractivity contribution is 0.523. The van der Waals surface area contributed by atoms with Gasteiger partial charge in [-0.15, -0.1) is 0 Å². The Morgan fingerprint density at radius 2 is 1.80 bits per heavy atom. The lowest BCUT2D eigenvalue weighted by Gasteiger charge is -2.08. The van der Waals surface area contributed by atoms with Crippen LogP contribution in [0.25, 0.3) is 10.9 Å². The Morgan fingerprint density at radius 1 is 1.00 bits per heavy atom. The summed E-state index contributed by atoms with van der Waals surface area (Å²) in [5, 5.41) is 4.54. The number of nitrogens with zero attached hydrogens (tertiary/aromatic N) is 2. The number of para-hydroxylation sites is 1. The molecule has 0 unspecified atom stereocenters. The van der Waals surface area contributed by atoms with Gasteiger partial charge in [-0.05, 0) is 24.5 Å². The van der Waals surface area contributed by atoms with E-state index in [1.165, 1.54) is 32.1 Å². The number of aromatic nitrogens is 2. The van der Waals surface area contributed by atoms with Gasteiger partial charge in [0.25, 0.3) is 0 Å². The van der Waals surface area contributed by atoms with Crippen LogP contribution in [0.4, 0.5) is 5.82 Å². The zero-order chi connectivity index (χ0) is 14.2. The highest BCUT2D eigenvalue weighted by Crippen LogP contribution is 2.18. The van der Waals surface area contributed by atoms with Crippen molar-refractivity contribution in [2.24, 2.45) is 5.92 Å². The summed E-state index contributed by atoms with van der Waals surface area (Å²) >= 11 is 0. The van der Waals surface area contributed by atoms with Gasteiger partial charge in [0.2, 0.25) is 0 Å². The number of fused-ring (bicyclic) bond motifs is 1. The van der Waals surface area contributed by atoms with Crippen LogP contribution >= 0.6 is 0 Å². The number of hydrogen-bond acceptors (Lipinski definition) is 3. The third-order valence-electron chi connectivity index (χ3n) is 3.54. The van der Waals surface area contributed by atoms with Crippen LogP contribution in [-0.4, -0.2) is 16.5 Å². The van der Waals surface area contributed by atoms with Crippen molar-refractivity contribution in [2.75, 3.05) is 11.9 Å². The van der Waals surface area contributed by atoms with Gasteiger partial charge < -0.3 is 5.32 Å². The maximum Gasteiger partial charge on any atom is 0.137 e. The van der Waals surface area contributed by atoms with Gasteiger partial charge in [-0.1, -0.05) is 51.7 Å². The first-order valence-corrected chi connectivity index (χ1v) is 7.71. The highest BCUT2D eigenvalue weighted by atomic mass is 15.0. The number of nitrogens with one attached hydrogen (secondary N) is 1. The number of unbranched alkanes of at least 4 members (excludes halogenated alkanes) is 3. The van der Waals surface area contributed by atoms with E-state index in [2.05, 4.69) is 35.2 Å². The van der Waals surface area contributed by atoms with Crippen LogP contribution in [0.1, 0.15) is 46.0 Å². The molecule has 2 rings (SSSR count). The molecule has 0 bridgehead atoms. The van der Waals surface area contributed by atoms with Crippen LogP contribution in [0.15, 0.2) is 30.6 Å². The second-order valence-corrected chi connectivity index (χ2v) is 5.76. The van der Waals surface area contributed by atoms with Crippen molar-refractivity contribution in [1.82, 2.24) is 9.97 Å². The Hall–Kier alpha value is -1.64. The smallest absolute Gasteiger partial charge is 0.137 e. The Morgan fingerprint density at radius 3 is 2.65 bits per heavy atom. The van der Waals surface area contributed by atoms with Crippen LogP contribution in [0.3, 0.4) is 0 Å². The first-order valence-electron chi connectivity index (χ1n) is 7.71. The van der Waals surface area contributed by atoms with Crippen LogP contribution in [0.5, 0.6) is 0 Å². The fourth-order valence-corrected chi connectivity index (χ4v) is 2.38. The molecule has 3 heteroatoms. The summed E-state index contributed by atoms with van der Waals surface area (Å²) < 4.78 is 0. The molecule has 1 N–H and O–H groups in total. The van der Waals surface area contributed by atoms with E-state index in [-0.39, 0.29) is 0 Å². The molecule has 0 fully saturated rings. The fraction of sp³-hybridized carbons (Fsp3) is 0.529. The van der Waals surface area contributed by atoms with Gasteiger partial charge in [-0.3, -0.25) is 0 Å². The molecular weight excluding hydrogens is 246 g/mol. The summed E-state index contributed by atoms with van der Waals surface area (Å²) in [6.07, 6.45) is 8.18. The molecule has 0 atom stereocenters. The number of anilines is 1. The van der Waals surface area contributed by atoms with Gasteiger partial charge in [0, 0.05) is 11.9 Å². The first-order chi connectivity index (χ1) is 9.77. The molecule has 1 aromatic heterocycles. The number of hydrogen-bond donors (Lipinski definition) is 1. The van der Waals surface area contributed by atoms with E-state index in [0.717, 1.165) is 29.2 Å². The van der Waals surface area contributed by atoms with Crippen molar-refractivity contribution in [3.63, 3.8) is 0 Å². The Bertz CT molecular complexity index is 517. The average molecular weight is 271 g/mol. The Balaban J connectivity index is 1.73. The molecule has 108 valence electrons. The van der Waals surface area contributed by atoms with E-state index in [0.29, 0.717) is 0 Å². The monoisotopic (exact) mass is 271 g/mol. The zero-order valence-corrected chi connectivity index (χ0v) is 12.6. The Labute approximate surface area is 121 Å².